The summed E-state index contributed by atoms with van der Waals surface area (Å²) < 4.78 is 0. The summed E-state index contributed by atoms with van der Waals surface area (Å²) in [7, 11) is 1.85. The van der Waals surface area contributed by atoms with Gasteiger partial charge < -0.3 is 9.80 Å². The van der Waals surface area contributed by atoms with Gasteiger partial charge in [0.1, 0.15) is 11.9 Å². The fraction of sp³-hybridized carbons (Fsp3) is 0.857. The molecule has 0 spiro atoms. The Kier molecular flexibility index (Phi) is 3.93. The van der Waals surface area contributed by atoms with Crippen LogP contribution in [0.15, 0.2) is 0 Å². The predicted molar refractivity (Wildman–Crippen MR) is 72.7 cm³/mol. The Bertz CT molecular complexity index is 336. The molecule has 18 heavy (non-hydrogen) atoms. The molecule has 1 aliphatic carbocycles. The third-order valence-corrected chi connectivity index (χ3v) is 4.52. The molecule has 102 valence electrons. The summed E-state index contributed by atoms with van der Waals surface area (Å²) >= 11 is 0. The molecule has 4 nitrogen and oxygen atoms in total. The third kappa shape index (κ3) is 2.02. The van der Waals surface area contributed by atoms with Gasteiger partial charge in [0, 0.05) is 13.1 Å². The van der Waals surface area contributed by atoms with E-state index in [1.54, 1.807) is 4.90 Å². The molecule has 1 amide bonds. The standard InChI is InChI=1S/C14H25N3O/c1-4-11-13(15)17(10-8-6-7-9-10)12(5-2)14(18)16(11)3/h10-12,15H,4-9H2,1-3H3/t11?,12-/m1/s1. The van der Waals surface area contributed by atoms with Crippen LogP contribution in [0.5, 0.6) is 0 Å². The van der Waals surface area contributed by atoms with Crippen molar-refractivity contribution in [2.24, 2.45) is 0 Å². The molecule has 0 bridgehead atoms. The van der Waals surface area contributed by atoms with E-state index in [-0.39, 0.29) is 18.0 Å². The zero-order valence-electron chi connectivity index (χ0n) is 11.8. The van der Waals surface area contributed by atoms with Crippen molar-refractivity contribution in [3.05, 3.63) is 0 Å². The van der Waals surface area contributed by atoms with Crippen molar-refractivity contribution in [1.29, 1.82) is 5.41 Å². The SMILES string of the molecule is CCC1C(=N)N(C2CCCC2)[C@H](CC)C(=O)N1C. The molecule has 1 unspecified atom stereocenters. The second-order valence-electron chi connectivity index (χ2n) is 5.53. The lowest BCUT2D eigenvalue weighted by Crippen LogP contribution is -2.65. The summed E-state index contributed by atoms with van der Waals surface area (Å²) in [5, 5.41) is 8.45. The van der Waals surface area contributed by atoms with E-state index in [1.165, 1.54) is 12.8 Å². The summed E-state index contributed by atoms with van der Waals surface area (Å²) in [5.74, 6) is 0.866. The number of likely N-dealkylation sites (N-methyl/N-ethyl adjacent to an activating group) is 1. The van der Waals surface area contributed by atoms with Gasteiger partial charge in [-0.2, -0.15) is 0 Å². The molecule has 2 aliphatic rings. The van der Waals surface area contributed by atoms with Crippen LogP contribution in [0.25, 0.3) is 0 Å². The minimum atomic E-state index is -0.103. The van der Waals surface area contributed by atoms with Gasteiger partial charge >= 0.3 is 0 Å². The normalized spacial score (nSPS) is 30.4. The highest BCUT2D eigenvalue weighted by molar-refractivity contribution is 5.98. The van der Waals surface area contributed by atoms with Crippen LogP contribution in [0.1, 0.15) is 52.4 Å². The Morgan fingerprint density at radius 3 is 2.22 bits per heavy atom. The van der Waals surface area contributed by atoms with E-state index in [9.17, 15) is 4.79 Å². The number of carbonyl (C=O) groups excluding carboxylic acids is 1. The molecule has 4 heteroatoms. The summed E-state index contributed by atoms with van der Waals surface area (Å²) in [6.45, 7) is 4.11. The number of hydrogen-bond donors (Lipinski definition) is 1. The van der Waals surface area contributed by atoms with Crippen molar-refractivity contribution in [3.8, 4) is 0 Å². The maximum Gasteiger partial charge on any atom is 0.245 e. The van der Waals surface area contributed by atoms with E-state index in [2.05, 4.69) is 18.7 Å². The van der Waals surface area contributed by atoms with Crippen LogP contribution in [0.4, 0.5) is 0 Å². The highest BCUT2D eigenvalue weighted by Crippen LogP contribution is 2.31. The second-order valence-corrected chi connectivity index (χ2v) is 5.53. The summed E-state index contributed by atoms with van der Waals surface area (Å²) in [4.78, 5) is 16.3. The number of rotatable bonds is 3. The minimum absolute atomic E-state index is 0.0269. The molecule has 0 aromatic rings. The van der Waals surface area contributed by atoms with Gasteiger partial charge in [0.05, 0.1) is 6.04 Å². The Morgan fingerprint density at radius 2 is 1.72 bits per heavy atom. The first-order chi connectivity index (χ1) is 8.61. The topological polar surface area (TPSA) is 47.4 Å². The van der Waals surface area contributed by atoms with Gasteiger partial charge in [0.25, 0.3) is 0 Å². The van der Waals surface area contributed by atoms with Crippen molar-refractivity contribution < 1.29 is 4.79 Å². The lowest BCUT2D eigenvalue weighted by molar-refractivity contribution is -0.139. The first-order valence-electron chi connectivity index (χ1n) is 7.25. The zero-order chi connectivity index (χ0) is 13.3. The summed E-state index contributed by atoms with van der Waals surface area (Å²) in [6, 6.07) is 0.295. The fourth-order valence-corrected chi connectivity index (χ4v) is 3.50. The molecule has 0 aromatic heterocycles. The van der Waals surface area contributed by atoms with Crippen LogP contribution < -0.4 is 0 Å². The van der Waals surface area contributed by atoms with Crippen molar-refractivity contribution >= 4 is 11.7 Å². The molecule has 0 aromatic carbocycles. The van der Waals surface area contributed by atoms with Gasteiger partial charge in [-0.05, 0) is 25.7 Å². The Hall–Kier alpha value is -1.06. The van der Waals surface area contributed by atoms with E-state index < -0.39 is 0 Å². The van der Waals surface area contributed by atoms with Gasteiger partial charge in [-0.1, -0.05) is 26.7 Å². The van der Waals surface area contributed by atoms with E-state index in [4.69, 9.17) is 5.41 Å². The average molecular weight is 251 g/mol. The molecule has 1 N–H and O–H groups in total. The van der Waals surface area contributed by atoms with E-state index in [1.807, 2.05) is 7.05 Å². The van der Waals surface area contributed by atoms with Crippen LogP contribution in [0, 0.1) is 5.41 Å². The van der Waals surface area contributed by atoms with Crippen molar-refractivity contribution in [1.82, 2.24) is 9.80 Å². The van der Waals surface area contributed by atoms with Crippen LogP contribution in [0.3, 0.4) is 0 Å². The van der Waals surface area contributed by atoms with Gasteiger partial charge in [0.15, 0.2) is 0 Å². The first kappa shape index (κ1) is 13.4. The molecule has 1 heterocycles. The van der Waals surface area contributed by atoms with Gasteiger partial charge in [-0.3, -0.25) is 10.2 Å². The monoisotopic (exact) mass is 251 g/mol. The Balaban J connectivity index is 2.27. The largest absolute Gasteiger partial charge is 0.344 e. The van der Waals surface area contributed by atoms with Crippen LogP contribution in [-0.4, -0.2) is 46.7 Å². The van der Waals surface area contributed by atoms with E-state index >= 15 is 0 Å². The number of amides is 1. The van der Waals surface area contributed by atoms with Crippen LogP contribution >= 0.6 is 0 Å². The molecule has 1 aliphatic heterocycles. The first-order valence-corrected chi connectivity index (χ1v) is 7.25. The van der Waals surface area contributed by atoms with Gasteiger partial charge in [-0.15, -0.1) is 0 Å². The zero-order valence-corrected chi connectivity index (χ0v) is 11.8. The maximum atomic E-state index is 12.4. The Morgan fingerprint density at radius 1 is 1.17 bits per heavy atom. The lowest BCUT2D eigenvalue weighted by atomic mass is 9.98. The third-order valence-electron chi connectivity index (χ3n) is 4.52. The minimum Gasteiger partial charge on any atom is -0.344 e. The van der Waals surface area contributed by atoms with Gasteiger partial charge in [0.2, 0.25) is 5.91 Å². The number of carbonyl (C=O) groups is 1. The number of hydrogen-bond acceptors (Lipinski definition) is 2. The van der Waals surface area contributed by atoms with Crippen LogP contribution in [0.2, 0.25) is 0 Å². The average Bonchev–Trinajstić information content (AvgIpc) is 2.87. The number of piperazine rings is 1. The molecule has 2 rings (SSSR count). The molecular formula is C14H25N3O. The summed E-state index contributed by atoms with van der Waals surface area (Å²) in [5.41, 5.74) is 0. The highest BCUT2D eigenvalue weighted by Gasteiger charge is 2.43. The predicted octanol–water partition coefficient (Wildman–Crippen LogP) is 2.24. The molecule has 0 radical (unpaired) electrons. The van der Waals surface area contributed by atoms with Crippen molar-refractivity contribution in [2.75, 3.05) is 7.05 Å². The number of nitrogens with one attached hydrogen (secondary N) is 1. The Labute approximate surface area is 110 Å². The van der Waals surface area contributed by atoms with E-state index in [0.717, 1.165) is 25.7 Å². The second kappa shape index (κ2) is 5.29. The fourth-order valence-electron chi connectivity index (χ4n) is 3.50. The number of nitrogens with zero attached hydrogens (tertiary/aromatic N) is 2. The molecule has 1 saturated carbocycles. The summed E-state index contributed by atoms with van der Waals surface area (Å²) in [6.07, 6.45) is 6.41. The van der Waals surface area contributed by atoms with Crippen LogP contribution in [-0.2, 0) is 4.79 Å². The molecule has 2 atom stereocenters. The molecule has 2 fully saturated rings. The van der Waals surface area contributed by atoms with Gasteiger partial charge in [-0.25, -0.2) is 0 Å². The van der Waals surface area contributed by atoms with Crippen molar-refractivity contribution in [3.63, 3.8) is 0 Å². The van der Waals surface area contributed by atoms with Crippen molar-refractivity contribution in [2.45, 2.75) is 70.5 Å². The quantitative estimate of drug-likeness (QED) is 0.836. The molecule has 1 saturated heterocycles. The lowest BCUT2D eigenvalue weighted by Gasteiger charge is -2.48. The molecular weight excluding hydrogens is 226 g/mol. The smallest absolute Gasteiger partial charge is 0.245 e. The van der Waals surface area contributed by atoms with E-state index in [0.29, 0.717) is 11.9 Å². The highest BCUT2D eigenvalue weighted by atomic mass is 16.2. The number of amidine groups is 1. The maximum absolute atomic E-state index is 12.4.